The van der Waals surface area contributed by atoms with E-state index >= 15 is 0 Å². The van der Waals surface area contributed by atoms with Gasteiger partial charge in [0, 0.05) is 30.1 Å². The lowest BCUT2D eigenvalue weighted by molar-refractivity contribution is -0.137. The number of hydrogen-bond donors (Lipinski definition) is 2. The molecule has 0 radical (unpaired) electrons. The molecule has 1 aromatic heterocycles. The first-order valence-electron chi connectivity index (χ1n) is 13.6. The zero-order valence-corrected chi connectivity index (χ0v) is 23.0. The number of nitrogens with zero attached hydrogens (tertiary/aromatic N) is 1. The van der Waals surface area contributed by atoms with Gasteiger partial charge in [-0.1, -0.05) is 36.4 Å². The fourth-order valence-corrected chi connectivity index (χ4v) is 4.70. The predicted octanol–water partition coefficient (Wildman–Crippen LogP) is 6.99. The van der Waals surface area contributed by atoms with Gasteiger partial charge in [0.2, 0.25) is 0 Å². The Morgan fingerprint density at radius 2 is 1.66 bits per heavy atom. The molecule has 8 heteroatoms. The number of unbranched alkanes of at least 4 members (excludes halogenated alkanes) is 1. The second-order valence-electron chi connectivity index (χ2n) is 9.87. The van der Waals surface area contributed by atoms with E-state index < -0.39 is 11.9 Å². The molecular formula is C33H34FNO6. The van der Waals surface area contributed by atoms with E-state index in [-0.39, 0.29) is 18.7 Å². The van der Waals surface area contributed by atoms with Crippen LogP contribution in [0.5, 0.6) is 11.5 Å². The molecule has 0 atom stereocenters. The summed E-state index contributed by atoms with van der Waals surface area (Å²) in [6.45, 7) is 3.41. The van der Waals surface area contributed by atoms with Crippen LogP contribution in [0.15, 0.2) is 66.9 Å². The van der Waals surface area contributed by atoms with E-state index in [0.29, 0.717) is 37.5 Å². The lowest BCUT2D eigenvalue weighted by Crippen LogP contribution is -2.03. The highest BCUT2D eigenvalue weighted by Crippen LogP contribution is 2.28. The number of aryl methyl sites for hydroxylation is 2. The molecule has 2 N–H and O–H groups in total. The van der Waals surface area contributed by atoms with Crippen molar-refractivity contribution in [1.29, 1.82) is 0 Å². The molecule has 0 aliphatic carbocycles. The molecule has 0 unspecified atom stereocenters. The Hall–Kier alpha value is -4.59. The number of rotatable bonds is 15. The van der Waals surface area contributed by atoms with E-state index in [1.54, 1.807) is 6.07 Å². The van der Waals surface area contributed by atoms with Gasteiger partial charge in [-0.15, -0.1) is 0 Å². The molecule has 0 amide bonds. The molecule has 0 aliphatic rings. The minimum Gasteiger partial charge on any atom is -0.494 e. The largest absolute Gasteiger partial charge is 0.494 e. The third kappa shape index (κ3) is 8.45. The lowest BCUT2D eigenvalue weighted by Gasteiger charge is -2.10. The molecule has 1 heterocycles. The standard InChI is InChI=1S/C33H34FNO6/c1-23-20-27(34)13-16-30(23)41-19-3-2-18-40-28-14-10-24(11-15-28)9-12-25-6-4-7-29-33(25)26(21-32(38)39)22-35(29)17-5-8-31(36)37/h4,6-7,9-16,20,22H,2-3,5,8,17-19,21H2,1H3,(H,36,37)(H,38,39). The van der Waals surface area contributed by atoms with Crippen molar-refractivity contribution in [2.24, 2.45) is 0 Å². The Kier molecular flexibility index (Phi) is 10.2. The van der Waals surface area contributed by atoms with E-state index in [2.05, 4.69) is 0 Å². The summed E-state index contributed by atoms with van der Waals surface area (Å²) in [5, 5.41) is 19.3. The summed E-state index contributed by atoms with van der Waals surface area (Å²) in [5.74, 6) is -0.580. The van der Waals surface area contributed by atoms with Crippen LogP contribution < -0.4 is 9.47 Å². The van der Waals surface area contributed by atoms with Crippen molar-refractivity contribution >= 4 is 35.0 Å². The molecule has 7 nitrogen and oxygen atoms in total. The summed E-state index contributed by atoms with van der Waals surface area (Å²) in [4.78, 5) is 22.5. The number of fused-ring (bicyclic) bond motifs is 1. The van der Waals surface area contributed by atoms with Gasteiger partial charge in [-0.25, -0.2) is 4.39 Å². The molecule has 41 heavy (non-hydrogen) atoms. The molecule has 4 rings (SSSR count). The summed E-state index contributed by atoms with van der Waals surface area (Å²) in [7, 11) is 0. The van der Waals surface area contributed by atoms with Crippen LogP contribution in [-0.2, 0) is 22.6 Å². The second-order valence-corrected chi connectivity index (χ2v) is 9.87. The normalized spacial score (nSPS) is 11.3. The number of benzene rings is 3. The highest BCUT2D eigenvalue weighted by atomic mass is 19.1. The van der Waals surface area contributed by atoms with Crippen molar-refractivity contribution in [3.8, 4) is 11.5 Å². The Labute approximate surface area is 238 Å². The van der Waals surface area contributed by atoms with Crippen LogP contribution in [0.3, 0.4) is 0 Å². The predicted molar refractivity (Wildman–Crippen MR) is 157 cm³/mol. The van der Waals surface area contributed by atoms with Gasteiger partial charge in [0.05, 0.1) is 19.6 Å². The topological polar surface area (TPSA) is 98.0 Å². The zero-order chi connectivity index (χ0) is 29.2. The quantitative estimate of drug-likeness (QED) is 0.120. The van der Waals surface area contributed by atoms with Crippen LogP contribution in [0.1, 0.15) is 47.9 Å². The Morgan fingerprint density at radius 3 is 2.37 bits per heavy atom. The smallest absolute Gasteiger partial charge is 0.307 e. The maximum atomic E-state index is 13.2. The number of carboxylic acid groups (broad SMARTS) is 2. The SMILES string of the molecule is Cc1cc(F)ccc1OCCCCOc1ccc(C=Cc2cccc3c2c(CC(=O)O)cn3CCCC(=O)O)cc1. The van der Waals surface area contributed by atoms with Gasteiger partial charge in [-0.3, -0.25) is 9.59 Å². The number of aromatic nitrogens is 1. The van der Waals surface area contributed by atoms with Gasteiger partial charge in [0.25, 0.3) is 0 Å². The molecule has 0 saturated carbocycles. The first-order chi connectivity index (χ1) is 19.8. The fraction of sp³-hybridized carbons (Fsp3) is 0.273. The summed E-state index contributed by atoms with van der Waals surface area (Å²) < 4.78 is 26.7. The number of halogens is 1. The third-order valence-electron chi connectivity index (χ3n) is 6.69. The van der Waals surface area contributed by atoms with Gasteiger partial charge in [-0.05, 0) is 84.8 Å². The monoisotopic (exact) mass is 559 g/mol. The second kappa shape index (κ2) is 14.2. The number of carbonyl (C=O) groups is 2. The Morgan fingerprint density at radius 1 is 0.902 bits per heavy atom. The molecule has 0 fully saturated rings. The molecule has 0 aliphatic heterocycles. The van der Waals surface area contributed by atoms with Crippen molar-refractivity contribution in [3.63, 3.8) is 0 Å². The van der Waals surface area contributed by atoms with Crippen molar-refractivity contribution in [2.75, 3.05) is 13.2 Å². The van der Waals surface area contributed by atoms with Crippen molar-refractivity contribution in [2.45, 2.75) is 45.6 Å². The molecular weight excluding hydrogens is 525 g/mol. The molecule has 0 bridgehead atoms. The zero-order valence-electron chi connectivity index (χ0n) is 23.0. The van der Waals surface area contributed by atoms with Gasteiger partial charge in [-0.2, -0.15) is 0 Å². The first-order valence-corrected chi connectivity index (χ1v) is 13.6. The average molecular weight is 560 g/mol. The molecule has 0 spiro atoms. The van der Waals surface area contributed by atoms with Crippen LogP contribution in [0.25, 0.3) is 23.1 Å². The summed E-state index contributed by atoms with van der Waals surface area (Å²) in [6.07, 6.45) is 7.79. The lowest BCUT2D eigenvalue weighted by atomic mass is 10.0. The summed E-state index contributed by atoms with van der Waals surface area (Å²) >= 11 is 0. The van der Waals surface area contributed by atoms with Crippen LogP contribution in [-0.4, -0.2) is 39.9 Å². The molecule has 214 valence electrons. The number of hydrogen-bond acceptors (Lipinski definition) is 4. The summed E-state index contributed by atoms with van der Waals surface area (Å²) in [6, 6.07) is 18.0. The number of ether oxygens (including phenoxy) is 2. The maximum Gasteiger partial charge on any atom is 0.307 e. The highest BCUT2D eigenvalue weighted by Gasteiger charge is 2.14. The van der Waals surface area contributed by atoms with E-state index in [0.717, 1.165) is 46.2 Å². The van der Waals surface area contributed by atoms with Crippen molar-refractivity contribution in [3.05, 3.63) is 94.9 Å². The average Bonchev–Trinajstić information content (AvgIpc) is 3.28. The van der Waals surface area contributed by atoms with Gasteiger partial charge < -0.3 is 24.3 Å². The van der Waals surface area contributed by atoms with Crippen LogP contribution in [0, 0.1) is 12.7 Å². The first kappa shape index (κ1) is 29.4. The van der Waals surface area contributed by atoms with Crippen molar-refractivity contribution < 1.29 is 33.7 Å². The van der Waals surface area contributed by atoms with E-state index in [9.17, 15) is 19.1 Å². The molecule has 3 aromatic carbocycles. The third-order valence-corrected chi connectivity index (χ3v) is 6.69. The van der Waals surface area contributed by atoms with Crippen molar-refractivity contribution in [1.82, 2.24) is 4.57 Å². The highest BCUT2D eigenvalue weighted by molar-refractivity contribution is 5.96. The molecule has 0 saturated heterocycles. The van der Waals surface area contributed by atoms with Gasteiger partial charge >= 0.3 is 11.9 Å². The summed E-state index contributed by atoms with van der Waals surface area (Å²) in [5.41, 5.74) is 4.23. The Balaban J connectivity index is 1.33. The Bertz CT molecular complexity index is 1520. The van der Waals surface area contributed by atoms with Gasteiger partial charge in [0.15, 0.2) is 0 Å². The van der Waals surface area contributed by atoms with Crippen LogP contribution in [0.2, 0.25) is 0 Å². The fourth-order valence-electron chi connectivity index (χ4n) is 4.70. The van der Waals surface area contributed by atoms with E-state index in [1.165, 1.54) is 12.1 Å². The van der Waals surface area contributed by atoms with Gasteiger partial charge in [0.1, 0.15) is 17.3 Å². The van der Waals surface area contributed by atoms with E-state index in [4.69, 9.17) is 14.6 Å². The maximum absolute atomic E-state index is 13.2. The minimum atomic E-state index is -0.917. The van der Waals surface area contributed by atoms with Crippen LogP contribution in [0.4, 0.5) is 4.39 Å². The minimum absolute atomic E-state index is 0.0545. The van der Waals surface area contributed by atoms with Crippen LogP contribution >= 0.6 is 0 Å². The number of carboxylic acids is 2. The van der Waals surface area contributed by atoms with E-state index in [1.807, 2.05) is 72.3 Å². The number of aliphatic carboxylic acids is 2. The molecule has 4 aromatic rings.